The molecule has 0 amide bonds. The van der Waals surface area contributed by atoms with Gasteiger partial charge in [-0.1, -0.05) is 18.0 Å². The summed E-state index contributed by atoms with van der Waals surface area (Å²) in [5.41, 5.74) is 0. The quantitative estimate of drug-likeness (QED) is 0.784. The molecule has 0 saturated heterocycles. The van der Waals surface area contributed by atoms with E-state index in [0.29, 0.717) is 30.7 Å². The zero-order valence-corrected chi connectivity index (χ0v) is 12.4. The highest BCUT2D eigenvalue weighted by atomic mass is 16.5. The van der Waals surface area contributed by atoms with Crippen molar-refractivity contribution in [1.82, 2.24) is 19.9 Å². The standard InChI is InChI=1S/C15H22N4O2/c1-2-20-14(12-6-3-4-7-12)15-17-13(21-18-15)8-11-19-10-5-9-16-19/h5,9-10,12,14H,2-4,6-8,11H2,1H3/t14-/m0/s1. The van der Waals surface area contributed by atoms with Crippen LogP contribution in [0.1, 0.15) is 50.4 Å². The van der Waals surface area contributed by atoms with Crippen LogP contribution in [0.15, 0.2) is 23.0 Å². The average Bonchev–Trinajstić information content (AvgIpc) is 3.24. The van der Waals surface area contributed by atoms with Crippen molar-refractivity contribution in [3.8, 4) is 0 Å². The van der Waals surface area contributed by atoms with Gasteiger partial charge >= 0.3 is 0 Å². The van der Waals surface area contributed by atoms with Gasteiger partial charge in [-0.3, -0.25) is 4.68 Å². The molecule has 0 radical (unpaired) electrons. The minimum absolute atomic E-state index is 0.0142. The van der Waals surface area contributed by atoms with Crippen molar-refractivity contribution < 1.29 is 9.26 Å². The first-order valence-corrected chi connectivity index (χ1v) is 7.78. The average molecular weight is 290 g/mol. The van der Waals surface area contributed by atoms with E-state index in [1.807, 2.05) is 23.9 Å². The highest BCUT2D eigenvalue weighted by Gasteiger charge is 2.30. The largest absolute Gasteiger partial charge is 0.370 e. The van der Waals surface area contributed by atoms with Gasteiger partial charge in [-0.15, -0.1) is 0 Å². The zero-order chi connectivity index (χ0) is 14.5. The number of hydrogen-bond donors (Lipinski definition) is 0. The van der Waals surface area contributed by atoms with Gasteiger partial charge in [0.2, 0.25) is 11.7 Å². The van der Waals surface area contributed by atoms with Gasteiger partial charge in [0.1, 0.15) is 6.10 Å². The third-order valence-electron chi connectivity index (χ3n) is 4.03. The first-order valence-electron chi connectivity index (χ1n) is 7.78. The Bertz CT molecular complexity index is 532. The number of hydrogen-bond acceptors (Lipinski definition) is 5. The van der Waals surface area contributed by atoms with Crippen molar-refractivity contribution in [2.24, 2.45) is 5.92 Å². The van der Waals surface area contributed by atoms with Crippen molar-refractivity contribution in [3.63, 3.8) is 0 Å². The number of nitrogens with zero attached hydrogens (tertiary/aromatic N) is 4. The summed E-state index contributed by atoms with van der Waals surface area (Å²) in [7, 11) is 0. The molecule has 1 aliphatic rings. The summed E-state index contributed by atoms with van der Waals surface area (Å²) < 4.78 is 13.1. The molecule has 0 unspecified atom stereocenters. The minimum Gasteiger partial charge on any atom is -0.370 e. The summed E-state index contributed by atoms with van der Waals surface area (Å²) >= 11 is 0. The molecule has 2 aromatic rings. The molecule has 6 nitrogen and oxygen atoms in total. The second-order valence-electron chi connectivity index (χ2n) is 5.49. The lowest BCUT2D eigenvalue weighted by atomic mass is 10.0. The van der Waals surface area contributed by atoms with E-state index in [2.05, 4.69) is 15.2 Å². The van der Waals surface area contributed by atoms with E-state index in [-0.39, 0.29) is 6.10 Å². The molecule has 1 saturated carbocycles. The van der Waals surface area contributed by atoms with Gasteiger partial charge in [-0.2, -0.15) is 10.1 Å². The summed E-state index contributed by atoms with van der Waals surface area (Å²) in [6.07, 6.45) is 9.32. The van der Waals surface area contributed by atoms with Crippen LogP contribution in [-0.4, -0.2) is 26.5 Å². The van der Waals surface area contributed by atoms with Crippen LogP contribution in [0.4, 0.5) is 0 Å². The fraction of sp³-hybridized carbons (Fsp3) is 0.667. The molecule has 0 aliphatic heterocycles. The van der Waals surface area contributed by atoms with E-state index in [4.69, 9.17) is 9.26 Å². The molecule has 1 atom stereocenters. The maximum atomic E-state index is 5.87. The third-order valence-corrected chi connectivity index (χ3v) is 4.03. The molecule has 6 heteroatoms. The van der Waals surface area contributed by atoms with Gasteiger partial charge in [0.15, 0.2) is 0 Å². The predicted octanol–water partition coefficient (Wildman–Crippen LogP) is 2.78. The lowest BCUT2D eigenvalue weighted by Crippen LogP contribution is -2.15. The third kappa shape index (κ3) is 3.50. The van der Waals surface area contributed by atoms with Crippen LogP contribution >= 0.6 is 0 Å². The Hall–Kier alpha value is -1.69. The van der Waals surface area contributed by atoms with E-state index >= 15 is 0 Å². The maximum absolute atomic E-state index is 5.87. The monoisotopic (exact) mass is 290 g/mol. The van der Waals surface area contributed by atoms with Crippen LogP contribution in [0.2, 0.25) is 0 Å². The van der Waals surface area contributed by atoms with Gasteiger partial charge in [-0.05, 0) is 31.7 Å². The molecule has 21 heavy (non-hydrogen) atoms. The number of aryl methyl sites for hydroxylation is 2. The molecule has 0 bridgehead atoms. The molecule has 0 N–H and O–H groups in total. The molecular weight excluding hydrogens is 268 g/mol. The lowest BCUT2D eigenvalue weighted by Gasteiger charge is -2.19. The SMILES string of the molecule is CCO[C@H](c1noc(CCn2cccn2)n1)C1CCCC1. The Labute approximate surface area is 124 Å². The smallest absolute Gasteiger partial charge is 0.228 e. The Balaban J connectivity index is 1.63. The first-order chi connectivity index (χ1) is 10.4. The van der Waals surface area contributed by atoms with Gasteiger partial charge in [-0.25, -0.2) is 0 Å². The summed E-state index contributed by atoms with van der Waals surface area (Å²) in [6.45, 7) is 3.44. The van der Waals surface area contributed by atoms with Crippen molar-refractivity contribution in [1.29, 1.82) is 0 Å². The van der Waals surface area contributed by atoms with Crippen LogP contribution in [0.3, 0.4) is 0 Å². The minimum atomic E-state index is -0.0142. The molecule has 0 aromatic carbocycles. The molecule has 1 fully saturated rings. The van der Waals surface area contributed by atoms with Crippen LogP contribution in [0.5, 0.6) is 0 Å². The van der Waals surface area contributed by atoms with E-state index in [1.54, 1.807) is 6.20 Å². The topological polar surface area (TPSA) is 66.0 Å². The van der Waals surface area contributed by atoms with E-state index in [9.17, 15) is 0 Å². The van der Waals surface area contributed by atoms with E-state index in [0.717, 1.165) is 6.54 Å². The molecule has 0 spiro atoms. The highest BCUT2D eigenvalue weighted by molar-refractivity contribution is 4.96. The fourth-order valence-electron chi connectivity index (χ4n) is 2.99. The Morgan fingerprint density at radius 1 is 1.43 bits per heavy atom. The molecule has 114 valence electrons. The van der Waals surface area contributed by atoms with E-state index < -0.39 is 0 Å². The second kappa shape index (κ2) is 6.85. The summed E-state index contributed by atoms with van der Waals surface area (Å²) in [5.74, 6) is 1.89. The van der Waals surface area contributed by atoms with Crippen molar-refractivity contribution in [3.05, 3.63) is 30.2 Å². The van der Waals surface area contributed by atoms with E-state index in [1.165, 1.54) is 25.7 Å². The Morgan fingerprint density at radius 3 is 3.00 bits per heavy atom. The summed E-state index contributed by atoms with van der Waals surface area (Å²) in [5, 5.41) is 8.31. The van der Waals surface area contributed by atoms with Crippen molar-refractivity contribution >= 4 is 0 Å². The van der Waals surface area contributed by atoms with Crippen molar-refractivity contribution in [2.45, 2.75) is 51.7 Å². The Kier molecular flexibility index (Phi) is 4.65. The first kappa shape index (κ1) is 14.3. The Morgan fingerprint density at radius 2 is 2.29 bits per heavy atom. The van der Waals surface area contributed by atoms with Crippen LogP contribution in [-0.2, 0) is 17.7 Å². The van der Waals surface area contributed by atoms with Crippen molar-refractivity contribution in [2.75, 3.05) is 6.61 Å². The van der Waals surface area contributed by atoms with Crippen LogP contribution in [0, 0.1) is 5.92 Å². The van der Waals surface area contributed by atoms with Crippen LogP contribution in [0.25, 0.3) is 0 Å². The van der Waals surface area contributed by atoms with Gasteiger partial charge in [0.05, 0.1) is 0 Å². The molecule has 2 aromatic heterocycles. The van der Waals surface area contributed by atoms with Gasteiger partial charge in [0, 0.05) is 32.0 Å². The van der Waals surface area contributed by atoms with Gasteiger partial charge in [0.25, 0.3) is 0 Å². The summed E-state index contributed by atoms with van der Waals surface area (Å²) in [4.78, 5) is 4.53. The van der Waals surface area contributed by atoms with Gasteiger partial charge < -0.3 is 9.26 Å². The molecular formula is C15H22N4O2. The second-order valence-corrected chi connectivity index (χ2v) is 5.49. The van der Waals surface area contributed by atoms with Crippen LogP contribution < -0.4 is 0 Å². The molecule has 3 rings (SSSR count). The summed E-state index contributed by atoms with van der Waals surface area (Å²) in [6, 6.07) is 1.91. The zero-order valence-electron chi connectivity index (χ0n) is 12.4. The molecule has 1 aliphatic carbocycles. The lowest BCUT2D eigenvalue weighted by molar-refractivity contribution is 0.0127. The highest BCUT2D eigenvalue weighted by Crippen LogP contribution is 2.36. The number of ether oxygens (including phenoxy) is 1. The number of aromatic nitrogens is 4. The number of rotatable bonds is 7. The predicted molar refractivity (Wildman–Crippen MR) is 76.6 cm³/mol. The fourth-order valence-corrected chi connectivity index (χ4v) is 2.99. The maximum Gasteiger partial charge on any atom is 0.228 e. The molecule has 2 heterocycles. The normalized spacial score (nSPS) is 17.4.